The van der Waals surface area contributed by atoms with Crippen LogP contribution in [0.2, 0.25) is 0 Å². The topological polar surface area (TPSA) is 114 Å². The van der Waals surface area contributed by atoms with Crippen LogP contribution in [0.5, 0.6) is 11.5 Å². The van der Waals surface area contributed by atoms with E-state index in [2.05, 4.69) is 9.88 Å². The summed E-state index contributed by atoms with van der Waals surface area (Å²) in [7, 11) is -1.65. The molecule has 2 aromatic carbocycles. The maximum absolute atomic E-state index is 13.5. The zero-order chi connectivity index (χ0) is 28.4. The number of carbonyl (C=O) groups excluding carboxylic acids is 1. The predicted octanol–water partition coefficient (Wildman–Crippen LogP) is 4.31. The molecule has 0 unspecified atom stereocenters. The van der Waals surface area contributed by atoms with Crippen molar-refractivity contribution in [3.8, 4) is 22.8 Å². The average Bonchev–Trinajstić information content (AvgIpc) is 3.45. The van der Waals surface area contributed by atoms with Gasteiger partial charge in [0, 0.05) is 49.7 Å². The van der Waals surface area contributed by atoms with Crippen LogP contribution in [0.1, 0.15) is 21.5 Å². The molecule has 1 amide bonds. The Bertz CT molecular complexity index is 1610. The number of hydrogen-bond donors (Lipinski definition) is 2. The van der Waals surface area contributed by atoms with Gasteiger partial charge in [-0.25, -0.2) is 8.42 Å². The van der Waals surface area contributed by atoms with Gasteiger partial charge in [-0.2, -0.15) is 15.6 Å². The molecule has 11 heteroatoms. The molecule has 3 heterocycles. The second-order valence-corrected chi connectivity index (χ2v) is 12.5. The van der Waals surface area contributed by atoms with E-state index in [9.17, 15) is 23.4 Å². The predicted molar refractivity (Wildman–Crippen MR) is 155 cm³/mol. The van der Waals surface area contributed by atoms with Crippen molar-refractivity contribution in [2.24, 2.45) is 0 Å². The second-order valence-electron chi connectivity index (χ2n) is 9.82. The number of hydrogen-bond acceptors (Lipinski definition) is 8. The number of thiophene rings is 1. The number of aromatic nitrogens is 1. The van der Waals surface area contributed by atoms with Gasteiger partial charge >= 0.3 is 0 Å². The zero-order valence-electron chi connectivity index (χ0n) is 22.2. The third kappa shape index (κ3) is 5.73. The fourth-order valence-corrected chi connectivity index (χ4v) is 6.77. The quantitative estimate of drug-likeness (QED) is 0.336. The first kappa shape index (κ1) is 27.8. The standard InChI is InChI=1S/C29H30N4O5S2/c1-20-15-25(40(37,38)32-12-10-31(2)11-13-32)17-30-28(20)22-3-5-23(6-4-22)33(18-21-9-14-39-19-21)29(36)26-8-7-24(34)16-27(26)35/h3-9,14-17,19,34-35H,10-13,18H2,1-2H3. The molecule has 0 spiro atoms. The Morgan fingerprint density at radius 1 is 1.02 bits per heavy atom. The molecule has 0 saturated carbocycles. The van der Waals surface area contributed by atoms with E-state index in [1.807, 2.05) is 42.9 Å². The number of aromatic hydroxyl groups is 2. The third-order valence-corrected chi connectivity index (χ3v) is 9.58. The lowest BCUT2D eigenvalue weighted by Crippen LogP contribution is -2.47. The number of sulfonamides is 1. The molecule has 0 bridgehead atoms. The molecule has 1 saturated heterocycles. The smallest absolute Gasteiger partial charge is 0.262 e. The number of nitrogens with zero attached hydrogens (tertiary/aromatic N) is 4. The molecule has 9 nitrogen and oxygen atoms in total. The highest BCUT2D eigenvalue weighted by molar-refractivity contribution is 7.89. The van der Waals surface area contributed by atoms with Gasteiger partial charge in [0.15, 0.2) is 0 Å². The van der Waals surface area contributed by atoms with Crippen molar-refractivity contribution in [3.05, 3.63) is 88.2 Å². The first-order chi connectivity index (χ1) is 19.1. The van der Waals surface area contributed by atoms with Crippen molar-refractivity contribution in [2.45, 2.75) is 18.4 Å². The van der Waals surface area contributed by atoms with E-state index in [4.69, 9.17) is 0 Å². The summed E-state index contributed by atoms with van der Waals surface area (Å²) in [6.07, 6.45) is 1.41. The fourth-order valence-electron chi connectivity index (χ4n) is 4.66. The highest BCUT2D eigenvalue weighted by atomic mass is 32.2. The SMILES string of the molecule is Cc1cc(S(=O)(=O)N2CCN(C)CC2)cnc1-c1ccc(N(Cc2ccsc2)C(=O)c2ccc(O)cc2O)cc1. The number of anilines is 1. The minimum atomic E-state index is -3.63. The van der Waals surface area contributed by atoms with Gasteiger partial charge in [0.2, 0.25) is 10.0 Å². The molecule has 1 aliphatic rings. The first-order valence-electron chi connectivity index (χ1n) is 12.7. The number of amides is 1. The molecular weight excluding hydrogens is 548 g/mol. The summed E-state index contributed by atoms with van der Waals surface area (Å²) in [6.45, 7) is 4.40. The summed E-state index contributed by atoms with van der Waals surface area (Å²) in [4.78, 5) is 21.9. The number of rotatable bonds is 7. The molecule has 208 valence electrons. The lowest BCUT2D eigenvalue weighted by molar-refractivity contribution is 0.0982. The molecule has 5 rings (SSSR count). The van der Waals surface area contributed by atoms with Crippen molar-refractivity contribution in [3.63, 3.8) is 0 Å². The second kappa shape index (κ2) is 11.4. The Labute approximate surface area is 237 Å². The van der Waals surface area contributed by atoms with Gasteiger partial charge in [-0.1, -0.05) is 12.1 Å². The molecule has 0 radical (unpaired) electrons. The molecule has 0 aliphatic carbocycles. The van der Waals surface area contributed by atoms with E-state index in [0.29, 0.717) is 37.6 Å². The Kier molecular flexibility index (Phi) is 7.90. The van der Waals surface area contributed by atoms with Crippen LogP contribution < -0.4 is 4.90 Å². The monoisotopic (exact) mass is 578 g/mol. The number of benzene rings is 2. The van der Waals surface area contributed by atoms with Crippen molar-refractivity contribution in [1.82, 2.24) is 14.2 Å². The molecule has 40 heavy (non-hydrogen) atoms. The molecular formula is C29H30N4O5S2. The number of piperazine rings is 1. The Hall–Kier alpha value is -3.77. The largest absolute Gasteiger partial charge is 0.508 e. The van der Waals surface area contributed by atoms with E-state index in [-0.39, 0.29) is 28.5 Å². The average molecular weight is 579 g/mol. The maximum atomic E-state index is 13.5. The highest BCUT2D eigenvalue weighted by Crippen LogP contribution is 2.30. The lowest BCUT2D eigenvalue weighted by Gasteiger charge is -2.31. The maximum Gasteiger partial charge on any atom is 0.262 e. The molecule has 1 fully saturated rings. The summed E-state index contributed by atoms with van der Waals surface area (Å²) in [5.41, 5.74) is 3.78. The zero-order valence-corrected chi connectivity index (χ0v) is 23.8. The summed E-state index contributed by atoms with van der Waals surface area (Å²) in [5, 5.41) is 23.9. The summed E-state index contributed by atoms with van der Waals surface area (Å²) in [6, 6.07) is 14.8. The van der Waals surface area contributed by atoms with Gasteiger partial charge in [0.1, 0.15) is 16.4 Å². The number of aryl methyl sites for hydroxylation is 1. The van der Waals surface area contributed by atoms with Crippen molar-refractivity contribution >= 4 is 33.0 Å². The Morgan fingerprint density at radius 2 is 1.75 bits per heavy atom. The van der Waals surface area contributed by atoms with Crippen LogP contribution in [0.4, 0.5) is 5.69 Å². The fraction of sp³-hybridized carbons (Fsp3) is 0.241. The van der Waals surface area contributed by atoms with E-state index in [1.54, 1.807) is 23.1 Å². The Morgan fingerprint density at radius 3 is 2.38 bits per heavy atom. The molecule has 2 aromatic heterocycles. The van der Waals surface area contributed by atoms with Gasteiger partial charge in [-0.15, -0.1) is 0 Å². The molecule has 0 atom stereocenters. The normalized spacial score (nSPS) is 14.8. The van der Waals surface area contributed by atoms with Crippen molar-refractivity contribution in [2.75, 3.05) is 38.1 Å². The van der Waals surface area contributed by atoms with Crippen molar-refractivity contribution in [1.29, 1.82) is 0 Å². The highest BCUT2D eigenvalue weighted by Gasteiger charge is 2.28. The van der Waals surface area contributed by atoms with Gasteiger partial charge in [0.25, 0.3) is 5.91 Å². The van der Waals surface area contributed by atoms with E-state index in [0.717, 1.165) is 22.8 Å². The van der Waals surface area contributed by atoms with Crippen LogP contribution in [0.25, 0.3) is 11.3 Å². The minimum Gasteiger partial charge on any atom is -0.508 e. The third-order valence-electron chi connectivity index (χ3n) is 6.98. The van der Waals surface area contributed by atoms with E-state index >= 15 is 0 Å². The van der Waals surface area contributed by atoms with Gasteiger partial charge < -0.3 is 20.0 Å². The van der Waals surface area contributed by atoms with E-state index < -0.39 is 15.9 Å². The molecule has 4 aromatic rings. The van der Waals surface area contributed by atoms with Crippen LogP contribution >= 0.6 is 11.3 Å². The van der Waals surface area contributed by atoms with Crippen molar-refractivity contribution < 1.29 is 23.4 Å². The summed E-state index contributed by atoms with van der Waals surface area (Å²) < 4.78 is 27.8. The lowest BCUT2D eigenvalue weighted by atomic mass is 10.1. The first-order valence-corrected chi connectivity index (χ1v) is 15.1. The number of carbonyl (C=O) groups is 1. The van der Waals surface area contributed by atoms with Crippen LogP contribution in [0, 0.1) is 6.92 Å². The van der Waals surface area contributed by atoms with Crippen LogP contribution in [-0.2, 0) is 16.6 Å². The summed E-state index contributed by atoms with van der Waals surface area (Å²) in [5.74, 6) is -0.847. The number of phenols is 2. The number of phenolic OH excluding ortho intramolecular Hbond substituents is 2. The van der Waals surface area contributed by atoms with Crippen LogP contribution in [0.15, 0.2) is 76.4 Å². The summed E-state index contributed by atoms with van der Waals surface area (Å²) >= 11 is 1.53. The van der Waals surface area contributed by atoms with E-state index in [1.165, 1.54) is 34.0 Å². The van der Waals surface area contributed by atoms with Gasteiger partial charge in [0.05, 0.1) is 17.8 Å². The Balaban J connectivity index is 1.42. The molecule has 2 N–H and O–H groups in total. The van der Waals surface area contributed by atoms with Crippen LogP contribution in [-0.4, -0.2) is 72.0 Å². The van der Waals surface area contributed by atoms with Crippen LogP contribution in [0.3, 0.4) is 0 Å². The number of pyridine rings is 1. The number of likely N-dealkylation sites (N-methyl/N-ethyl adjacent to an activating group) is 1. The van der Waals surface area contributed by atoms with Gasteiger partial charge in [-0.05, 0) is 72.3 Å². The minimum absolute atomic E-state index is 0.0757. The molecule has 1 aliphatic heterocycles. The van der Waals surface area contributed by atoms with Gasteiger partial charge in [-0.3, -0.25) is 9.78 Å².